The summed E-state index contributed by atoms with van der Waals surface area (Å²) in [6.07, 6.45) is 7.57. The van der Waals surface area contributed by atoms with Crippen LogP contribution in [-0.2, 0) is 16.6 Å². The van der Waals surface area contributed by atoms with E-state index >= 15 is 0 Å². The number of phenols is 1. The van der Waals surface area contributed by atoms with Crippen molar-refractivity contribution in [3.63, 3.8) is 0 Å². The highest BCUT2D eigenvalue weighted by molar-refractivity contribution is 5.63. The Morgan fingerprint density at radius 3 is 2.51 bits per heavy atom. The molecular formula is C30H42O5. The van der Waals surface area contributed by atoms with Crippen molar-refractivity contribution in [3.05, 3.63) is 23.3 Å². The highest BCUT2D eigenvalue weighted by atomic mass is 16.6. The van der Waals surface area contributed by atoms with Crippen LogP contribution in [0.4, 0.5) is 0 Å². The molecule has 1 aromatic carbocycles. The van der Waals surface area contributed by atoms with Crippen LogP contribution in [-0.4, -0.2) is 45.8 Å². The van der Waals surface area contributed by atoms with Crippen molar-refractivity contribution >= 4 is 0 Å². The Kier molecular flexibility index (Phi) is 4.29. The number of aliphatic hydroxyl groups is 2. The van der Waals surface area contributed by atoms with Gasteiger partial charge in [-0.2, -0.15) is 0 Å². The molecule has 35 heavy (non-hydrogen) atoms. The van der Waals surface area contributed by atoms with E-state index in [1.54, 1.807) is 13.2 Å². The number of rotatable bonds is 4. The van der Waals surface area contributed by atoms with Crippen molar-refractivity contribution in [1.29, 1.82) is 0 Å². The molecule has 1 aliphatic heterocycles. The van der Waals surface area contributed by atoms with Crippen LogP contribution in [0.15, 0.2) is 12.1 Å². The SMILES string of the molecule is COC12C(C(C)(O)C(C)(C)C)C[C@]3(C[C@H]1O)[C@H]1Cc4ccc(O)c5c4C3(CCC1CC1CC1)[C@H]2O5. The molecule has 2 spiro atoms. The van der Waals surface area contributed by atoms with E-state index in [1.165, 1.54) is 36.8 Å². The van der Waals surface area contributed by atoms with E-state index in [0.717, 1.165) is 25.2 Å². The minimum Gasteiger partial charge on any atom is -0.504 e. The van der Waals surface area contributed by atoms with Gasteiger partial charge in [-0.25, -0.2) is 0 Å². The number of benzene rings is 1. The quantitative estimate of drug-likeness (QED) is 0.578. The van der Waals surface area contributed by atoms with Gasteiger partial charge in [0, 0.05) is 24.0 Å². The first-order valence-electron chi connectivity index (χ1n) is 13.9. The maximum atomic E-state index is 12.2. The summed E-state index contributed by atoms with van der Waals surface area (Å²) in [5.74, 6) is 2.49. The van der Waals surface area contributed by atoms with Crippen LogP contribution in [0.3, 0.4) is 0 Å². The van der Waals surface area contributed by atoms with Crippen molar-refractivity contribution in [2.45, 2.75) is 108 Å². The van der Waals surface area contributed by atoms with Gasteiger partial charge in [0.25, 0.3) is 0 Å². The number of phenolic OH excluding ortho intramolecular Hbond substituents is 1. The van der Waals surface area contributed by atoms with Crippen LogP contribution in [0.1, 0.15) is 83.8 Å². The second-order valence-electron chi connectivity index (χ2n) is 14.3. The molecular weight excluding hydrogens is 440 g/mol. The van der Waals surface area contributed by atoms with Crippen LogP contribution < -0.4 is 4.74 Å². The van der Waals surface area contributed by atoms with E-state index in [1.807, 2.05) is 6.92 Å². The summed E-state index contributed by atoms with van der Waals surface area (Å²) >= 11 is 0. The van der Waals surface area contributed by atoms with Gasteiger partial charge in [0.1, 0.15) is 11.7 Å². The van der Waals surface area contributed by atoms with E-state index in [-0.39, 0.29) is 22.5 Å². The highest BCUT2D eigenvalue weighted by Crippen LogP contribution is 2.80. The third-order valence-corrected chi connectivity index (χ3v) is 12.4. The van der Waals surface area contributed by atoms with Crippen molar-refractivity contribution in [2.75, 3.05) is 7.11 Å². The van der Waals surface area contributed by atoms with Crippen molar-refractivity contribution in [2.24, 2.45) is 34.5 Å². The molecule has 5 unspecified atom stereocenters. The third kappa shape index (κ3) is 2.38. The van der Waals surface area contributed by atoms with Gasteiger partial charge in [0.15, 0.2) is 11.5 Å². The summed E-state index contributed by atoms with van der Waals surface area (Å²) < 4.78 is 13.3. The molecule has 5 fully saturated rings. The molecule has 1 aromatic rings. The van der Waals surface area contributed by atoms with Gasteiger partial charge in [-0.3, -0.25) is 0 Å². The number of fused-ring (bicyclic) bond motifs is 2. The summed E-state index contributed by atoms with van der Waals surface area (Å²) in [6.45, 7) is 8.21. The lowest BCUT2D eigenvalue weighted by atomic mass is 9.29. The van der Waals surface area contributed by atoms with Crippen LogP contribution in [0.2, 0.25) is 0 Å². The maximum Gasteiger partial charge on any atom is 0.165 e. The van der Waals surface area contributed by atoms with Crippen LogP contribution in [0, 0.1) is 34.5 Å². The van der Waals surface area contributed by atoms with E-state index < -0.39 is 28.8 Å². The predicted octanol–water partition coefficient (Wildman–Crippen LogP) is 4.73. The first-order valence-corrected chi connectivity index (χ1v) is 13.9. The number of methoxy groups -OCH3 is 1. The van der Waals surface area contributed by atoms with E-state index in [0.29, 0.717) is 24.0 Å². The van der Waals surface area contributed by atoms with Crippen LogP contribution in [0.25, 0.3) is 0 Å². The molecule has 3 N–H and O–H groups in total. The minimum atomic E-state index is -1.07. The molecule has 8 rings (SSSR count). The number of hydrogen-bond donors (Lipinski definition) is 3. The van der Waals surface area contributed by atoms with Gasteiger partial charge in [0.2, 0.25) is 0 Å². The largest absolute Gasteiger partial charge is 0.504 e. The smallest absolute Gasteiger partial charge is 0.165 e. The number of ether oxygens (including phenoxy) is 2. The zero-order valence-corrected chi connectivity index (χ0v) is 21.9. The molecule has 7 aliphatic rings. The fourth-order valence-corrected chi connectivity index (χ4v) is 10.2. The summed E-state index contributed by atoms with van der Waals surface area (Å²) in [4.78, 5) is 0. The Labute approximate surface area is 209 Å². The molecule has 5 heteroatoms. The number of hydrogen-bond acceptors (Lipinski definition) is 5. The number of aromatic hydroxyl groups is 1. The van der Waals surface area contributed by atoms with E-state index in [4.69, 9.17) is 9.47 Å². The Balaban J connectivity index is 1.50. The summed E-state index contributed by atoms with van der Waals surface area (Å²) in [5.41, 5.74) is -0.429. The zero-order valence-electron chi connectivity index (χ0n) is 21.9. The lowest BCUT2D eigenvalue weighted by Crippen LogP contribution is -2.84. The normalized spacial score (nSPS) is 46.7. The summed E-state index contributed by atoms with van der Waals surface area (Å²) in [7, 11) is 1.69. The molecule has 1 heterocycles. The standard InChI is InChI=1S/C30H42O5/c1-26(2,3)27(4,33)21-14-28-15-22(32)30(21,34-5)25-29(28)11-10-17(12-16-6-7-16)19(28)13-18-8-9-20(31)24(35-25)23(18)29/h8-9,16-17,19,21-22,25,31-33H,6-7,10-15H2,1-5H3/t17?,19-,21?,22+,25+,27?,28-,29?,30?/m0/s1. The van der Waals surface area contributed by atoms with Crippen molar-refractivity contribution < 1.29 is 24.8 Å². The molecule has 5 saturated carbocycles. The van der Waals surface area contributed by atoms with Gasteiger partial charge in [0.05, 0.1) is 11.7 Å². The molecule has 0 aromatic heterocycles. The number of aliphatic hydroxyl groups excluding tert-OH is 1. The third-order valence-electron chi connectivity index (χ3n) is 12.4. The Hall–Kier alpha value is -1.30. The highest BCUT2D eigenvalue weighted by Gasteiger charge is 2.84. The predicted molar refractivity (Wildman–Crippen MR) is 132 cm³/mol. The van der Waals surface area contributed by atoms with Gasteiger partial charge >= 0.3 is 0 Å². The Morgan fingerprint density at radius 2 is 1.86 bits per heavy atom. The molecule has 0 radical (unpaired) electrons. The molecule has 9 atom stereocenters. The second kappa shape index (κ2) is 6.57. The molecule has 0 amide bonds. The fourth-order valence-electron chi connectivity index (χ4n) is 10.2. The average Bonchev–Trinajstić information content (AvgIpc) is 3.53. The fraction of sp³-hybridized carbons (Fsp3) is 0.800. The average molecular weight is 483 g/mol. The molecule has 5 nitrogen and oxygen atoms in total. The molecule has 192 valence electrons. The molecule has 4 bridgehead atoms. The van der Waals surface area contributed by atoms with Crippen LogP contribution >= 0.6 is 0 Å². The maximum absolute atomic E-state index is 12.2. The summed E-state index contributed by atoms with van der Waals surface area (Å²) in [5, 5.41) is 35.2. The zero-order chi connectivity index (χ0) is 24.8. The van der Waals surface area contributed by atoms with Crippen molar-refractivity contribution in [1.82, 2.24) is 0 Å². The Morgan fingerprint density at radius 1 is 1.11 bits per heavy atom. The summed E-state index contributed by atoms with van der Waals surface area (Å²) in [6, 6.07) is 3.92. The first kappa shape index (κ1) is 22.9. The van der Waals surface area contributed by atoms with Crippen molar-refractivity contribution in [3.8, 4) is 11.5 Å². The topological polar surface area (TPSA) is 79.2 Å². The van der Waals surface area contributed by atoms with E-state index in [2.05, 4.69) is 26.8 Å². The lowest BCUT2D eigenvalue weighted by Gasteiger charge is -2.76. The van der Waals surface area contributed by atoms with Gasteiger partial charge in [-0.05, 0) is 85.7 Å². The molecule has 0 saturated heterocycles. The van der Waals surface area contributed by atoms with Gasteiger partial charge in [-0.15, -0.1) is 0 Å². The Bertz CT molecular complexity index is 1080. The van der Waals surface area contributed by atoms with Gasteiger partial charge in [-0.1, -0.05) is 39.7 Å². The first-order chi connectivity index (χ1) is 16.4. The van der Waals surface area contributed by atoms with E-state index in [9.17, 15) is 15.3 Å². The van der Waals surface area contributed by atoms with Crippen LogP contribution in [0.5, 0.6) is 11.5 Å². The molecule has 6 aliphatic carbocycles. The van der Waals surface area contributed by atoms with Gasteiger partial charge < -0.3 is 24.8 Å². The lowest BCUT2D eigenvalue weighted by molar-refractivity contribution is -0.346. The monoisotopic (exact) mass is 482 g/mol. The minimum absolute atomic E-state index is 0.166. The second-order valence-corrected chi connectivity index (χ2v) is 14.3.